The van der Waals surface area contributed by atoms with Gasteiger partial charge >= 0.3 is 5.97 Å². The number of hydrogen-bond acceptors (Lipinski definition) is 6. The molecule has 5 rings (SSSR count). The summed E-state index contributed by atoms with van der Waals surface area (Å²) in [4.78, 5) is 58.6. The molecule has 2 heterocycles. The third-order valence-corrected chi connectivity index (χ3v) is 7.38. The van der Waals surface area contributed by atoms with E-state index < -0.39 is 17.9 Å². The van der Waals surface area contributed by atoms with E-state index in [2.05, 4.69) is 20.5 Å². The Hall–Kier alpha value is -4.73. The Kier molecular flexibility index (Phi) is 8.57. The first-order valence-electron chi connectivity index (χ1n) is 13.9. The number of nitrogens with one attached hydrogen (secondary N) is 2. The molecular weight excluding hydrogens is 522 g/mol. The zero-order chi connectivity index (χ0) is 28.8. The summed E-state index contributed by atoms with van der Waals surface area (Å²) in [6, 6.07) is 17.0. The quantitative estimate of drug-likeness (QED) is 0.367. The van der Waals surface area contributed by atoms with Gasteiger partial charge in [-0.25, -0.2) is 0 Å². The largest absolute Gasteiger partial charge is 0.481 e. The average molecular weight is 556 g/mol. The highest BCUT2D eigenvalue weighted by Crippen LogP contribution is 2.34. The first-order valence-corrected chi connectivity index (χ1v) is 13.9. The molecule has 1 aromatic heterocycles. The van der Waals surface area contributed by atoms with Crippen LogP contribution in [-0.2, 0) is 9.59 Å². The molecule has 212 valence electrons. The molecule has 10 heteroatoms. The lowest BCUT2D eigenvalue weighted by Gasteiger charge is -2.27. The summed E-state index contributed by atoms with van der Waals surface area (Å²) in [7, 11) is 0. The number of carboxylic acids is 1. The molecule has 3 aromatic rings. The van der Waals surface area contributed by atoms with Gasteiger partial charge < -0.3 is 25.5 Å². The third kappa shape index (κ3) is 7.08. The smallest absolute Gasteiger partial charge is 0.305 e. The van der Waals surface area contributed by atoms with Gasteiger partial charge in [0.05, 0.1) is 23.8 Å². The number of carbonyl (C=O) groups excluding carboxylic acids is 3. The number of rotatable bonds is 9. The second-order valence-electron chi connectivity index (χ2n) is 10.4. The highest BCUT2D eigenvalue weighted by molar-refractivity contribution is 6.01. The molecule has 3 N–H and O–H groups in total. The van der Waals surface area contributed by atoms with Crippen LogP contribution in [0.1, 0.15) is 58.0 Å². The van der Waals surface area contributed by atoms with E-state index in [1.165, 1.54) is 6.20 Å². The standard InChI is InChI=1S/C31H33N5O5/c37-28(38)19-25(24-8-4-13-32-20-24)33-30(40)23-11-12-27(26(18-23)34-29(39)21-9-10-21)35-14-5-15-36(17-16-35)31(41)22-6-2-1-3-7-22/h1-4,6-8,11-13,18,20-21,25H,5,9-10,14-17,19H2,(H,33,40)(H,34,39)(H,37,38). The maximum atomic E-state index is 13.3. The van der Waals surface area contributed by atoms with Gasteiger partial charge in [0.1, 0.15) is 0 Å². The number of carbonyl (C=O) groups is 4. The van der Waals surface area contributed by atoms with Crippen LogP contribution in [0.15, 0.2) is 73.1 Å². The van der Waals surface area contributed by atoms with Gasteiger partial charge in [0, 0.05) is 55.6 Å². The topological polar surface area (TPSA) is 132 Å². The molecule has 1 saturated carbocycles. The van der Waals surface area contributed by atoms with Gasteiger partial charge in [0.25, 0.3) is 11.8 Å². The number of aliphatic carboxylic acids is 1. The minimum atomic E-state index is -1.05. The van der Waals surface area contributed by atoms with Crippen LogP contribution in [-0.4, -0.2) is 64.9 Å². The van der Waals surface area contributed by atoms with E-state index in [4.69, 9.17) is 0 Å². The van der Waals surface area contributed by atoms with Gasteiger partial charge in [-0.3, -0.25) is 24.2 Å². The number of amides is 3. The van der Waals surface area contributed by atoms with E-state index in [0.717, 1.165) is 24.9 Å². The summed E-state index contributed by atoms with van der Waals surface area (Å²) in [6.45, 7) is 2.39. The van der Waals surface area contributed by atoms with Gasteiger partial charge in [-0.2, -0.15) is 0 Å². The molecule has 41 heavy (non-hydrogen) atoms. The van der Waals surface area contributed by atoms with E-state index in [1.807, 2.05) is 41.3 Å². The molecule has 1 atom stereocenters. The maximum Gasteiger partial charge on any atom is 0.305 e. The minimum Gasteiger partial charge on any atom is -0.481 e. The predicted octanol–water partition coefficient (Wildman–Crippen LogP) is 3.73. The van der Waals surface area contributed by atoms with Crippen molar-refractivity contribution in [3.63, 3.8) is 0 Å². The van der Waals surface area contributed by atoms with E-state index in [0.29, 0.717) is 48.6 Å². The lowest BCUT2D eigenvalue weighted by molar-refractivity contribution is -0.137. The van der Waals surface area contributed by atoms with Crippen molar-refractivity contribution < 1.29 is 24.3 Å². The number of nitrogens with zero attached hydrogens (tertiary/aromatic N) is 3. The predicted molar refractivity (Wildman–Crippen MR) is 154 cm³/mol. The molecule has 10 nitrogen and oxygen atoms in total. The molecular formula is C31H33N5O5. The zero-order valence-electron chi connectivity index (χ0n) is 22.7. The lowest BCUT2D eigenvalue weighted by atomic mass is 10.0. The monoisotopic (exact) mass is 555 g/mol. The van der Waals surface area contributed by atoms with Crippen molar-refractivity contribution in [1.82, 2.24) is 15.2 Å². The highest BCUT2D eigenvalue weighted by Gasteiger charge is 2.31. The molecule has 3 amide bonds. The Balaban J connectivity index is 1.35. The van der Waals surface area contributed by atoms with Crippen LogP contribution in [0.3, 0.4) is 0 Å². The third-order valence-electron chi connectivity index (χ3n) is 7.38. The second kappa shape index (κ2) is 12.6. The SMILES string of the molecule is O=C(O)CC(NC(=O)c1ccc(N2CCCN(C(=O)c3ccccc3)CC2)c(NC(=O)C2CC2)c1)c1cccnc1. The minimum absolute atomic E-state index is 0.00809. The fourth-order valence-corrected chi connectivity index (χ4v) is 5.01. The molecule has 0 radical (unpaired) electrons. The highest BCUT2D eigenvalue weighted by atomic mass is 16.4. The summed E-state index contributed by atoms with van der Waals surface area (Å²) >= 11 is 0. The van der Waals surface area contributed by atoms with Crippen LogP contribution < -0.4 is 15.5 Å². The van der Waals surface area contributed by atoms with E-state index in [9.17, 15) is 24.3 Å². The van der Waals surface area contributed by atoms with Gasteiger partial charge in [0.2, 0.25) is 5.91 Å². The van der Waals surface area contributed by atoms with Crippen molar-refractivity contribution in [2.45, 2.75) is 31.7 Å². The zero-order valence-corrected chi connectivity index (χ0v) is 22.7. The van der Waals surface area contributed by atoms with E-state index >= 15 is 0 Å². The summed E-state index contributed by atoms with van der Waals surface area (Å²) in [5, 5.41) is 15.2. The fourth-order valence-electron chi connectivity index (χ4n) is 5.01. The average Bonchev–Trinajstić information content (AvgIpc) is 3.85. The molecule has 2 aliphatic rings. The van der Waals surface area contributed by atoms with Crippen molar-refractivity contribution in [3.05, 3.63) is 89.7 Å². The van der Waals surface area contributed by atoms with Crippen LogP contribution in [0.5, 0.6) is 0 Å². The Labute approximate surface area is 238 Å². The van der Waals surface area contributed by atoms with Crippen molar-refractivity contribution in [2.75, 3.05) is 36.4 Å². The van der Waals surface area contributed by atoms with E-state index in [-0.39, 0.29) is 24.2 Å². The molecule has 1 aliphatic carbocycles. The van der Waals surface area contributed by atoms with Crippen LogP contribution in [0.2, 0.25) is 0 Å². The summed E-state index contributed by atoms with van der Waals surface area (Å²) in [6.07, 6.45) is 5.23. The molecule has 2 aromatic carbocycles. The molecule has 0 spiro atoms. The van der Waals surface area contributed by atoms with E-state index in [1.54, 1.807) is 30.5 Å². The molecule has 1 aliphatic heterocycles. The second-order valence-corrected chi connectivity index (χ2v) is 10.4. The van der Waals surface area contributed by atoms with Crippen molar-refractivity contribution >= 4 is 35.1 Å². The van der Waals surface area contributed by atoms with Crippen molar-refractivity contribution in [2.24, 2.45) is 5.92 Å². The number of aromatic nitrogens is 1. The Morgan fingerprint density at radius 3 is 2.44 bits per heavy atom. The van der Waals surface area contributed by atoms with Gasteiger partial charge in [0.15, 0.2) is 0 Å². The first kappa shape index (κ1) is 27.8. The maximum absolute atomic E-state index is 13.3. The van der Waals surface area contributed by atoms with Crippen LogP contribution in [0.4, 0.5) is 11.4 Å². The fraction of sp³-hybridized carbons (Fsp3) is 0.323. The van der Waals surface area contributed by atoms with Crippen LogP contribution in [0, 0.1) is 5.92 Å². The molecule has 2 fully saturated rings. The molecule has 0 bridgehead atoms. The summed E-state index contributed by atoms with van der Waals surface area (Å²) in [5.74, 6) is -1.63. The van der Waals surface area contributed by atoms with Crippen molar-refractivity contribution in [1.29, 1.82) is 0 Å². The number of anilines is 2. The Morgan fingerprint density at radius 2 is 1.73 bits per heavy atom. The van der Waals surface area contributed by atoms with Crippen molar-refractivity contribution in [3.8, 4) is 0 Å². The normalized spacial score (nSPS) is 15.9. The number of pyridine rings is 1. The van der Waals surface area contributed by atoms with Gasteiger partial charge in [-0.05, 0) is 61.2 Å². The summed E-state index contributed by atoms with van der Waals surface area (Å²) < 4.78 is 0. The van der Waals surface area contributed by atoms with Crippen LogP contribution in [0.25, 0.3) is 0 Å². The summed E-state index contributed by atoms with van der Waals surface area (Å²) in [5.41, 5.74) is 2.84. The Morgan fingerprint density at radius 1 is 0.927 bits per heavy atom. The Bertz CT molecular complexity index is 1410. The van der Waals surface area contributed by atoms with Crippen LogP contribution >= 0.6 is 0 Å². The lowest BCUT2D eigenvalue weighted by Crippen LogP contribution is -2.35. The molecule has 1 unspecified atom stereocenters. The van der Waals surface area contributed by atoms with Gasteiger partial charge in [-0.1, -0.05) is 24.3 Å². The first-order chi connectivity index (χ1) is 19.9. The number of benzene rings is 2. The van der Waals surface area contributed by atoms with Gasteiger partial charge in [-0.15, -0.1) is 0 Å². The number of hydrogen-bond donors (Lipinski definition) is 3. The molecule has 1 saturated heterocycles. The number of carboxylic acid groups (broad SMARTS) is 1.